The Morgan fingerprint density at radius 3 is 2.90 bits per heavy atom. The highest BCUT2D eigenvalue weighted by Gasteiger charge is 2.39. The zero-order chi connectivity index (χ0) is 14.7. The van der Waals surface area contributed by atoms with Crippen molar-refractivity contribution in [3.63, 3.8) is 0 Å². The molecule has 1 N–H and O–H groups in total. The Labute approximate surface area is 128 Å². The lowest BCUT2D eigenvalue weighted by Crippen LogP contribution is -2.46. The number of hydrogen-bond acceptors (Lipinski definition) is 3. The van der Waals surface area contributed by atoms with Gasteiger partial charge in [0, 0.05) is 12.2 Å². The van der Waals surface area contributed by atoms with E-state index in [0.29, 0.717) is 0 Å². The largest absolute Gasteiger partial charge is 0.493 e. The Kier molecular flexibility index (Phi) is 4.51. The minimum absolute atomic E-state index is 0.135. The van der Waals surface area contributed by atoms with Crippen LogP contribution in [0.5, 0.6) is 5.75 Å². The van der Waals surface area contributed by atoms with Crippen molar-refractivity contribution in [2.45, 2.75) is 57.6 Å². The van der Waals surface area contributed by atoms with Gasteiger partial charge in [0.25, 0.3) is 0 Å². The number of hydrogen-bond donors (Lipinski definition) is 1. The van der Waals surface area contributed by atoms with E-state index in [9.17, 15) is 0 Å². The van der Waals surface area contributed by atoms with Gasteiger partial charge in [-0.2, -0.15) is 0 Å². The molecule has 0 bridgehead atoms. The molecule has 3 nitrogen and oxygen atoms in total. The van der Waals surface area contributed by atoms with Gasteiger partial charge >= 0.3 is 0 Å². The number of fused-ring (bicyclic) bond motifs is 1. The number of likely N-dealkylation sites (N-methyl/N-ethyl adjacent to an activating group) is 1. The lowest BCUT2D eigenvalue weighted by molar-refractivity contribution is -0.0899. The van der Waals surface area contributed by atoms with Crippen LogP contribution in [0, 0.1) is 0 Å². The van der Waals surface area contributed by atoms with Crippen molar-refractivity contribution in [1.29, 1.82) is 0 Å². The van der Waals surface area contributed by atoms with Gasteiger partial charge in [0.1, 0.15) is 5.75 Å². The molecule has 21 heavy (non-hydrogen) atoms. The molecule has 0 aromatic heterocycles. The predicted octanol–water partition coefficient (Wildman–Crippen LogP) is 3.62. The number of para-hydroxylation sites is 1. The SMILES string of the molecule is CCNC(c1cccc2c1OCCC2)C1(C)CCCCO1. The summed E-state index contributed by atoms with van der Waals surface area (Å²) in [7, 11) is 0. The van der Waals surface area contributed by atoms with Gasteiger partial charge in [0.2, 0.25) is 0 Å². The smallest absolute Gasteiger partial charge is 0.127 e. The minimum Gasteiger partial charge on any atom is -0.493 e. The Morgan fingerprint density at radius 1 is 1.24 bits per heavy atom. The molecule has 0 radical (unpaired) electrons. The molecule has 1 aromatic carbocycles. The molecule has 0 aliphatic carbocycles. The van der Waals surface area contributed by atoms with Crippen molar-refractivity contribution >= 4 is 0 Å². The summed E-state index contributed by atoms with van der Waals surface area (Å²) in [5, 5.41) is 3.65. The van der Waals surface area contributed by atoms with Crippen molar-refractivity contribution in [3.8, 4) is 5.75 Å². The Bertz CT molecular complexity index is 480. The van der Waals surface area contributed by atoms with Crippen LogP contribution in [0.2, 0.25) is 0 Å². The molecule has 2 aliphatic rings. The van der Waals surface area contributed by atoms with E-state index in [4.69, 9.17) is 9.47 Å². The van der Waals surface area contributed by atoms with Gasteiger partial charge in [-0.3, -0.25) is 0 Å². The highest BCUT2D eigenvalue weighted by Crippen LogP contribution is 2.42. The lowest BCUT2D eigenvalue weighted by atomic mass is 9.82. The molecule has 0 saturated carbocycles. The highest BCUT2D eigenvalue weighted by molar-refractivity contribution is 5.45. The summed E-state index contributed by atoms with van der Waals surface area (Å²) >= 11 is 0. The molecule has 0 amide bonds. The number of aryl methyl sites for hydroxylation is 1. The first-order chi connectivity index (χ1) is 10.2. The van der Waals surface area contributed by atoms with Gasteiger partial charge in [-0.1, -0.05) is 25.1 Å². The van der Waals surface area contributed by atoms with E-state index in [2.05, 4.69) is 37.4 Å². The first-order valence-corrected chi connectivity index (χ1v) is 8.36. The summed E-state index contributed by atoms with van der Waals surface area (Å²) in [5.41, 5.74) is 2.49. The van der Waals surface area contributed by atoms with Crippen molar-refractivity contribution in [2.24, 2.45) is 0 Å². The summed E-state index contributed by atoms with van der Waals surface area (Å²) in [5.74, 6) is 1.10. The summed E-state index contributed by atoms with van der Waals surface area (Å²) in [4.78, 5) is 0. The Balaban J connectivity index is 1.97. The van der Waals surface area contributed by atoms with Gasteiger partial charge in [-0.25, -0.2) is 0 Å². The average Bonchev–Trinajstić information content (AvgIpc) is 2.53. The third kappa shape index (κ3) is 2.95. The molecule has 1 fully saturated rings. The zero-order valence-electron chi connectivity index (χ0n) is 13.3. The first-order valence-electron chi connectivity index (χ1n) is 8.36. The maximum Gasteiger partial charge on any atom is 0.127 e. The molecule has 0 spiro atoms. The summed E-state index contributed by atoms with van der Waals surface area (Å²) < 4.78 is 12.2. The molecule has 3 heteroatoms. The summed E-state index contributed by atoms with van der Waals surface area (Å²) in [6.45, 7) is 7.05. The van der Waals surface area contributed by atoms with Gasteiger partial charge in [0.15, 0.2) is 0 Å². The summed E-state index contributed by atoms with van der Waals surface area (Å²) in [6.07, 6.45) is 5.77. The maximum atomic E-state index is 6.21. The molecule has 1 saturated heterocycles. The van der Waals surface area contributed by atoms with Gasteiger partial charge in [0.05, 0.1) is 18.2 Å². The van der Waals surface area contributed by atoms with E-state index < -0.39 is 0 Å². The van der Waals surface area contributed by atoms with Crippen LogP contribution in [0.1, 0.15) is 56.7 Å². The van der Waals surface area contributed by atoms with Crippen LogP contribution in [0.4, 0.5) is 0 Å². The van der Waals surface area contributed by atoms with Gasteiger partial charge in [-0.05, 0) is 51.1 Å². The van der Waals surface area contributed by atoms with Gasteiger partial charge < -0.3 is 14.8 Å². The molecular weight excluding hydrogens is 262 g/mol. The van der Waals surface area contributed by atoms with E-state index in [1.807, 2.05) is 0 Å². The van der Waals surface area contributed by atoms with Gasteiger partial charge in [-0.15, -0.1) is 0 Å². The van der Waals surface area contributed by atoms with Crippen molar-refractivity contribution in [3.05, 3.63) is 29.3 Å². The third-order valence-corrected chi connectivity index (χ3v) is 4.79. The lowest BCUT2D eigenvalue weighted by Gasteiger charge is -2.42. The molecule has 2 unspecified atom stereocenters. The number of rotatable bonds is 4. The van der Waals surface area contributed by atoms with E-state index >= 15 is 0 Å². The minimum atomic E-state index is -0.135. The van der Waals surface area contributed by atoms with Crippen LogP contribution in [0.3, 0.4) is 0 Å². The Hall–Kier alpha value is -1.06. The maximum absolute atomic E-state index is 6.21. The van der Waals surface area contributed by atoms with Crippen molar-refractivity contribution < 1.29 is 9.47 Å². The third-order valence-electron chi connectivity index (χ3n) is 4.79. The Morgan fingerprint density at radius 2 is 2.14 bits per heavy atom. The van der Waals surface area contributed by atoms with E-state index in [0.717, 1.165) is 44.8 Å². The van der Waals surface area contributed by atoms with Crippen LogP contribution in [-0.2, 0) is 11.2 Å². The molecule has 1 aromatic rings. The molecule has 2 aliphatic heterocycles. The van der Waals surface area contributed by atoms with Crippen LogP contribution < -0.4 is 10.1 Å². The fourth-order valence-electron chi connectivity index (χ4n) is 3.68. The van der Waals surface area contributed by atoms with Crippen LogP contribution in [0.15, 0.2) is 18.2 Å². The number of nitrogens with one attached hydrogen (secondary N) is 1. The van der Waals surface area contributed by atoms with Crippen LogP contribution in [0.25, 0.3) is 0 Å². The quantitative estimate of drug-likeness (QED) is 0.918. The fourth-order valence-corrected chi connectivity index (χ4v) is 3.68. The molecule has 2 atom stereocenters. The monoisotopic (exact) mass is 289 g/mol. The van der Waals surface area contributed by atoms with Crippen molar-refractivity contribution in [1.82, 2.24) is 5.32 Å². The van der Waals surface area contributed by atoms with Crippen LogP contribution >= 0.6 is 0 Å². The number of ether oxygens (including phenoxy) is 2. The topological polar surface area (TPSA) is 30.5 Å². The van der Waals surface area contributed by atoms with E-state index in [-0.39, 0.29) is 11.6 Å². The average molecular weight is 289 g/mol. The standard InChI is InChI=1S/C18H27NO2/c1-3-19-17(18(2)11-4-5-13-21-18)15-10-6-8-14-9-7-12-20-16(14)15/h6,8,10,17,19H,3-5,7,9,11-13H2,1-2H3. The summed E-state index contributed by atoms with van der Waals surface area (Å²) in [6, 6.07) is 6.78. The molecular formula is C18H27NO2. The zero-order valence-corrected chi connectivity index (χ0v) is 13.3. The first kappa shape index (κ1) is 14.9. The second kappa shape index (κ2) is 6.37. The molecule has 116 valence electrons. The normalized spacial score (nSPS) is 26.8. The fraction of sp³-hybridized carbons (Fsp3) is 0.667. The van der Waals surface area contributed by atoms with Crippen molar-refractivity contribution in [2.75, 3.05) is 19.8 Å². The second-order valence-electron chi connectivity index (χ2n) is 6.40. The van der Waals surface area contributed by atoms with Crippen LogP contribution in [-0.4, -0.2) is 25.4 Å². The highest BCUT2D eigenvalue weighted by atomic mass is 16.5. The predicted molar refractivity (Wildman–Crippen MR) is 84.9 cm³/mol. The van der Waals surface area contributed by atoms with E-state index in [1.165, 1.54) is 24.0 Å². The molecule has 2 heterocycles. The molecule has 3 rings (SSSR count). The van der Waals surface area contributed by atoms with E-state index in [1.54, 1.807) is 0 Å². The number of benzene rings is 1. The second-order valence-corrected chi connectivity index (χ2v) is 6.40.